The van der Waals surface area contributed by atoms with Crippen LogP contribution in [-0.2, 0) is 4.79 Å². The van der Waals surface area contributed by atoms with Gasteiger partial charge in [-0.15, -0.1) is 0 Å². The van der Waals surface area contributed by atoms with Crippen molar-refractivity contribution in [3.8, 4) is 11.5 Å². The number of aromatic nitrogens is 2. The first kappa shape index (κ1) is 15.5. The topological polar surface area (TPSA) is 62.5 Å². The number of rotatable bonds is 3. The van der Waals surface area contributed by atoms with Crippen LogP contribution >= 0.6 is 11.8 Å². The van der Waals surface area contributed by atoms with Crippen LogP contribution in [-0.4, -0.2) is 58.1 Å². The van der Waals surface area contributed by atoms with E-state index in [1.165, 1.54) is 0 Å². The van der Waals surface area contributed by atoms with E-state index < -0.39 is 0 Å². The molecule has 0 radical (unpaired) electrons. The van der Waals surface area contributed by atoms with Crippen molar-refractivity contribution in [2.24, 2.45) is 0 Å². The number of amides is 1. The Morgan fingerprint density at radius 2 is 1.96 bits per heavy atom. The van der Waals surface area contributed by atoms with Gasteiger partial charge in [0.2, 0.25) is 5.91 Å². The molecular weight excluding hydrogens is 324 g/mol. The molecule has 1 aromatic carbocycles. The maximum Gasteiger partial charge on any atom is 0.267 e. The van der Waals surface area contributed by atoms with Gasteiger partial charge in [-0.25, -0.2) is 0 Å². The molecule has 0 saturated carbocycles. The summed E-state index contributed by atoms with van der Waals surface area (Å²) in [4.78, 5) is 21.3. The molecule has 2 fully saturated rings. The van der Waals surface area contributed by atoms with E-state index in [-0.39, 0.29) is 11.9 Å². The van der Waals surface area contributed by atoms with Crippen LogP contribution in [0, 0.1) is 0 Å². The minimum Gasteiger partial charge on any atom is -0.339 e. The molecule has 0 bridgehead atoms. The monoisotopic (exact) mass is 344 g/mol. The molecule has 2 saturated heterocycles. The van der Waals surface area contributed by atoms with Crippen LogP contribution in [0.1, 0.15) is 12.8 Å². The largest absolute Gasteiger partial charge is 0.339 e. The van der Waals surface area contributed by atoms with Gasteiger partial charge >= 0.3 is 0 Å². The SMILES string of the molecule is O=C([C@H]1CCCN1c1noc(-c2ccccc2)n1)N1CCSCC1. The summed E-state index contributed by atoms with van der Waals surface area (Å²) >= 11 is 1.91. The lowest BCUT2D eigenvalue weighted by molar-refractivity contribution is -0.132. The maximum atomic E-state index is 12.8. The van der Waals surface area contributed by atoms with Crippen molar-refractivity contribution in [3.63, 3.8) is 0 Å². The standard InChI is InChI=1S/C17H20N4O2S/c22-16(20-9-11-24-12-10-20)14-7-4-8-21(14)17-18-15(23-19-17)13-5-2-1-3-6-13/h1-3,5-6,14H,4,7-12H2/t14-/m1/s1. The zero-order valence-electron chi connectivity index (χ0n) is 13.4. The van der Waals surface area contributed by atoms with Gasteiger partial charge in [-0.05, 0) is 30.1 Å². The highest BCUT2D eigenvalue weighted by Crippen LogP contribution is 2.27. The van der Waals surface area contributed by atoms with E-state index in [0.717, 1.165) is 49.5 Å². The van der Waals surface area contributed by atoms with E-state index in [4.69, 9.17) is 4.52 Å². The van der Waals surface area contributed by atoms with E-state index in [9.17, 15) is 4.79 Å². The summed E-state index contributed by atoms with van der Waals surface area (Å²) in [5.41, 5.74) is 0.895. The van der Waals surface area contributed by atoms with Gasteiger partial charge in [0.05, 0.1) is 0 Å². The predicted molar refractivity (Wildman–Crippen MR) is 94.0 cm³/mol. The molecule has 0 aliphatic carbocycles. The number of hydrogen-bond acceptors (Lipinski definition) is 6. The minimum atomic E-state index is -0.158. The van der Waals surface area contributed by atoms with E-state index in [1.54, 1.807) is 0 Å². The van der Waals surface area contributed by atoms with Gasteiger partial charge in [0.1, 0.15) is 6.04 Å². The summed E-state index contributed by atoms with van der Waals surface area (Å²) in [7, 11) is 0. The van der Waals surface area contributed by atoms with Crippen LogP contribution in [0.5, 0.6) is 0 Å². The van der Waals surface area contributed by atoms with Crippen LogP contribution in [0.3, 0.4) is 0 Å². The number of nitrogens with zero attached hydrogens (tertiary/aromatic N) is 4. The summed E-state index contributed by atoms with van der Waals surface area (Å²) in [6.45, 7) is 2.48. The molecule has 0 N–H and O–H groups in total. The van der Waals surface area contributed by atoms with Crippen molar-refractivity contribution in [1.29, 1.82) is 0 Å². The van der Waals surface area contributed by atoms with E-state index in [0.29, 0.717) is 11.8 Å². The molecule has 2 aliphatic heterocycles. The smallest absolute Gasteiger partial charge is 0.267 e. The Hall–Kier alpha value is -2.02. The van der Waals surface area contributed by atoms with E-state index in [2.05, 4.69) is 10.1 Å². The fraction of sp³-hybridized carbons (Fsp3) is 0.471. The lowest BCUT2D eigenvalue weighted by atomic mass is 10.2. The number of carbonyl (C=O) groups is 1. The fourth-order valence-corrected chi connectivity index (χ4v) is 4.19. The van der Waals surface area contributed by atoms with Crippen molar-refractivity contribution in [2.75, 3.05) is 36.0 Å². The lowest BCUT2D eigenvalue weighted by Gasteiger charge is -2.31. The van der Waals surface area contributed by atoms with Crippen molar-refractivity contribution >= 4 is 23.6 Å². The zero-order chi connectivity index (χ0) is 16.4. The van der Waals surface area contributed by atoms with Crippen molar-refractivity contribution in [3.05, 3.63) is 30.3 Å². The van der Waals surface area contributed by atoms with Gasteiger partial charge in [0, 0.05) is 36.7 Å². The average Bonchev–Trinajstić information content (AvgIpc) is 3.32. The molecular formula is C17H20N4O2S. The van der Waals surface area contributed by atoms with Crippen LogP contribution in [0.2, 0.25) is 0 Å². The Morgan fingerprint density at radius 1 is 1.17 bits per heavy atom. The summed E-state index contributed by atoms with van der Waals surface area (Å²) in [5, 5.41) is 4.12. The third-order valence-electron chi connectivity index (χ3n) is 4.55. The second-order valence-corrected chi connectivity index (χ2v) is 7.28. The summed E-state index contributed by atoms with van der Waals surface area (Å²) in [6, 6.07) is 9.55. The Labute approximate surface area is 145 Å². The molecule has 0 unspecified atom stereocenters. The van der Waals surface area contributed by atoms with Crippen LogP contribution in [0.15, 0.2) is 34.9 Å². The van der Waals surface area contributed by atoms with Crippen molar-refractivity contribution < 1.29 is 9.32 Å². The van der Waals surface area contributed by atoms with Crippen molar-refractivity contribution in [2.45, 2.75) is 18.9 Å². The fourth-order valence-electron chi connectivity index (χ4n) is 3.29. The van der Waals surface area contributed by atoms with Gasteiger partial charge in [-0.1, -0.05) is 18.2 Å². The summed E-state index contributed by atoms with van der Waals surface area (Å²) < 4.78 is 5.41. The molecule has 126 valence electrons. The molecule has 3 heterocycles. The molecule has 24 heavy (non-hydrogen) atoms. The Morgan fingerprint density at radius 3 is 2.75 bits per heavy atom. The average molecular weight is 344 g/mol. The van der Waals surface area contributed by atoms with Crippen molar-refractivity contribution in [1.82, 2.24) is 15.0 Å². The molecule has 6 nitrogen and oxygen atoms in total. The number of carbonyl (C=O) groups excluding carboxylic acids is 1. The highest BCUT2D eigenvalue weighted by Gasteiger charge is 2.36. The number of hydrogen-bond donors (Lipinski definition) is 0. The van der Waals surface area contributed by atoms with Crippen LogP contribution < -0.4 is 4.90 Å². The van der Waals surface area contributed by atoms with Crippen LogP contribution in [0.25, 0.3) is 11.5 Å². The van der Waals surface area contributed by atoms with E-state index >= 15 is 0 Å². The number of thioether (sulfide) groups is 1. The maximum absolute atomic E-state index is 12.8. The molecule has 2 aromatic rings. The molecule has 2 aliphatic rings. The Bertz CT molecular complexity index is 700. The van der Waals surface area contributed by atoms with Gasteiger partial charge < -0.3 is 14.3 Å². The second kappa shape index (κ2) is 6.84. The molecule has 1 amide bonds. The first-order valence-electron chi connectivity index (χ1n) is 8.35. The highest BCUT2D eigenvalue weighted by molar-refractivity contribution is 7.99. The third-order valence-corrected chi connectivity index (χ3v) is 5.50. The Kier molecular flexibility index (Phi) is 4.42. The quantitative estimate of drug-likeness (QED) is 0.851. The van der Waals surface area contributed by atoms with Crippen LogP contribution in [0.4, 0.5) is 5.95 Å². The predicted octanol–water partition coefficient (Wildman–Crippen LogP) is 2.28. The number of benzene rings is 1. The second-order valence-electron chi connectivity index (χ2n) is 6.05. The lowest BCUT2D eigenvalue weighted by Crippen LogP contribution is -2.48. The van der Waals surface area contributed by atoms with Gasteiger partial charge in [-0.2, -0.15) is 16.7 Å². The minimum absolute atomic E-state index is 0.158. The highest BCUT2D eigenvalue weighted by atomic mass is 32.2. The molecule has 4 rings (SSSR count). The van der Waals surface area contributed by atoms with E-state index in [1.807, 2.05) is 51.9 Å². The van der Waals surface area contributed by atoms with Gasteiger partial charge in [0.25, 0.3) is 11.8 Å². The molecule has 1 aromatic heterocycles. The molecule has 0 spiro atoms. The third kappa shape index (κ3) is 3.00. The van der Waals surface area contributed by atoms with Gasteiger partial charge in [0.15, 0.2) is 0 Å². The first-order valence-corrected chi connectivity index (χ1v) is 9.51. The first-order chi connectivity index (χ1) is 11.8. The summed E-state index contributed by atoms with van der Waals surface area (Å²) in [6.07, 6.45) is 1.84. The summed E-state index contributed by atoms with van der Waals surface area (Å²) in [5.74, 6) is 3.28. The normalized spacial score (nSPS) is 21.2. The molecule has 1 atom stereocenters. The number of anilines is 1. The zero-order valence-corrected chi connectivity index (χ0v) is 14.2. The molecule has 7 heteroatoms. The van der Waals surface area contributed by atoms with Gasteiger partial charge in [-0.3, -0.25) is 4.79 Å². The Balaban J connectivity index is 1.52.